The molecule has 1 rings (SSSR count). The molecule has 0 spiro atoms. The van der Waals surface area contributed by atoms with Crippen molar-refractivity contribution < 1.29 is 9.90 Å². The Hall–Kier alpha value is -0.840. The lowest BCUT2D eigenvalue weighted by atomic mass is 10.2. The fraction of sp³-hybridized carbons (Fsp3) is 0.455. The van der Waals surface area contributed by atoms with Crippen molar-refractivity contribution in [1.29, 1.82) is 0 Å². The van der Waals surface area contributed by atoms with Crippen molar-refractivity contribution in [1.82, 2.24) is 10.3 Å². The lowest BCUT2D eigenvalue weighted by Gasteiger charge is -2.11. The van der Waals surface area contributed by atoms with Crippen LogP contribution >= 0.6 is 23.2 Å². The average Bonchev–Trinajstić information content (AvgIpc) is 2.32. The monoisotopic (exact) mass is 276 g/mol. The zero-order valence-electron chi connectivity index (χ0n) is 9.63. The van der Waals surface area contributed by atoms with Crippen molar-refractivity contribution in [2.75, 3.05) is 13.2 Å². The summed E-state index contributed by atoms with van der Waals surface area (Å²) in [5, 5.41) is 12.0. The van der Waals surface area contributed by atoms with Gasteiger partial charge in [-0.2, -0.15) is 0 Å². The van der Waals surface area contributed by atoms with Gasteiger partial charge in [0.1, 0.15) is 0 Å². The maximum absolute atomic E-state index is 11.8. The molecule has 2 N–H and O–H groups in total. The summed E-state index contributed by atoms with van der Waals surface area (Å²) in [4.78, 5) is 15.8. The molecule has 0 radical (unpaired) electrons. The summed E-state index contributed by atoms with van der Waals surface area (Å²) < 4.78 is 0. The molecular weight excluding hydrogens is 263 g/mol. The van der Waals surface area contributed by atoms with Crippen molar-refractivity contribution in [2.45, 2.75) is 13.8 Å². The highest BCUT2D eigenvalue weighted by molar-refractivity contribution is 6.44. The first kappa shape index (κ1) is 14.2. The minimum absolute atomic E-state index is 0.00777. The smallest absolute Gasteiger partial charge is 0.254 e. The van der Waals surface area contributed by atoms with Crippen LogP contribution in [0.4, 0.5) is 0 Å². The maximum Gasteiger partial charge on any atom is 0.254 e. The number of nitrogens with zero attached hydrogens (tertiary/aromatic N) is 1. The molecular formula is C11H14Cl2N2O2. The molecule has 94 valence electrons. The van der Waals surface area contributed by atoms with Gasteiger partial charge in [-0.1, -0.05) is 30.1 Å². The predicted octanol–water partition coefficient (Wildman–Crippen LogP) is 2.06. The minimum Gasteiger partial charge on any atom is -0.396 e. The van der Waals surface area contributed by atoms with E-state index >= 15 is 0 Å². The zero-order valence-corrected chi connectivity index (χ0v) is 11.1. The third-order valence-electron chi connectivity index (χ3n) is 2.30. The number of pyridine rings is 1. The first-order chi connectivity index (χ1) is 7.97. The summed E-state index contributed by atoms with van der Waals surface area (Å²) in [5.41, 5.74) is 0.823. The molecule has 0 aliphatic heterocycles. The third-order valence-corrected chi connectivity index (χ3v) is 3.25. The molecule has 1 heterocycles. The third kappa shape index (κ3) is 3.56. The Bertz CT molecular complexity index is 424. The largest absolute Gasteiger partial charge is 0.396 e. The van der Waals surface area contributed by atoms with Crippen LogP contribution in [0.15, 0.2) is 6.20 Å². The first-order valence-corrected chi connectivity index (χ1v) is 5.92. The van der Waals surface area contributed by atoms with E-state index in [4.69, 9.17) is 28.3 Å². The van der Waals surface area contributed by atoms with E-state index in [1.807, 2.05) is 6.92 Å². The SMILES string of the molecule is Cc1ncc(C(=O)NCC(C)CO)c(Cl)c1Cl. The molecule has 6 heteroatoms. The number of amides is 1. The zero-order chi connectivity index (χ0) is 13.0. The van der Waals surface area contributed by atoms with Crippen LogP contribution in [-0.2, 0) is 0 Å². The molecule has 1 aromatic heterocycles. The van der Waals surface area contributed by atoms with Crippen LogP contribution < -0.4 is 5.32 Å². The number of aryl methyl sites for hydroxylation is 1. The molecule has 1 unspecified atom stereocenters. The topological polar surface area (TPSA) is 62.2 Å². The van der Waals surface area contributed by atoms with Crippen molar-refractivity contribution in [2.24, 2.45) is 5.92 Å². The summed E-state index contributed by atoms with van der Waals surface area (Å²) in [7, 11) is 0. The molecule has 17 heavy (non-hydrogen) atoms. The van der Waals surface area contributed by atoms with Gasteiger partial charge >= 0.3 is 0 Å². The normalized spacial score (nSPS) is 12.3. The van der Waals surface area contributed by atoms with Gasteiger partial charge in [-0.3, -0.25) is 9.78 Å². The molecule has 0 saturated carbocycles. The van der Waals surface area contributed by atoms with Gasteiger partial charge in [-0.05, 0) is 12.8 Å². The Labute approximate surface area is 110 Å². The van der Waals surface area contributed by atoms with E-state index in [2.05, 4.69) is 10.3 Å². The number of hydrogen-bond acceptors (Lipinski definition) is 3. The highest BCUT2D eigenvalue weighted by Crippen LogP contribution is 2.27. The fourth-order valence-electron chi connectivity index (χ4n) is 1.14. The van der Waals surface area contributed by atoms with E-state index in [0.717, 1.165) is 0 Å². The lowest BCUT2D eigenvalue weighted by Crippen LogP contribution is -2.29. The van der Waals surface area contributed by atoms with Gasteiger partial charge in [-0.25, -0.2) is 0 Å². The summed E-state index contributed by atoms with van der Waals surface area (Å²) in [6.07, 6.45) is 1.39. The Balaban J connectivity index is 2.80. The van der Waals surface area contributed by atoms with E-state index < -0.39 is 0 Å². The van der Waals surface area contributed by atoms with Crippen molar-refractivity contribution >= 4 is 29.1 Å². The summed E-state index contributed by atoms with van der Waals surface area (Å²) in [5.74, 6) is -0.351. The number of aromatic nitrogens is 1. The van der Waals surface area contributed by atoms with Gasteiger partial charge < -0.3 is 10.4 Å². The Morgan fingerprint density at radius 2 is 2.18 bits per heavy atom. The molecule has 1 amide bonds. The highest BCUT2D eigenvalue weighted by Gasteiger charge is 2.15. The van der Waals surface area contributed by atoms with Crippen LogP contribution in [-0.4, -0.2) is 29.1 Å². The second-order valence-corrected chi connectivity index (χ2v) is 4.64. The number of carbonyl (C=O) groups is 1. The minimum atomic E-state index is -0.343. The molecule has 0 aromatic carbocycles. The Kier molecular flexibility index (Phi) is 5.18. The van der Waals surface area contributed by atoms with E-state index in [1.165, 1.54) is 6.20 Å². The standard InChI is InChI=1S/C11H14Cl2N2O2/c1-6(5-16)3-15-11(17)8-4-14-7(2)9(12)10(8)13/h4,6,16H,3,5H2,1-2H3,(H,15,17). The number of aliphatic hydroxyl groups is 1. The number of halogens is 2. The molecule has 1 atom stereocenters. The van der Waals surface area contributed by atoms with Crippen molar-refractivity contribution in [3.05, 3.63) is 27.5 Å². The van der Waals surface area contributed by atoms with Gasteiger partial charge in [-0.15, -0.1) is 0 Å². The van der Waals surface area contributed by atoms with Crippen LogP contribution in [0.1, 0.15) is 23.0 Å². The van der Waals surface area contributed by atoms with Crippen LogP contribution in [0.2, 0.25) is 10.0 Å². The molecule has 1 aromatic rings. The number of rotatable bonds is 4. The Morgan fingerprint density at radius 1 is 1.53 bits per heavy atom. The van der Waals surface area contributed by atoms with Gasteiger partial charge in [0.05, 0.1) is 21.3 Å². The number of aliphatic hydroxyl groups excluding tert-OH is 1. The first-order valence-electron chi connectivity index (χ1n) is 5.17. The van der Waals surface area contributed by atoms with Crippen molar-refractivity contribution in [3.63, 3.8) is 0 Å². The average molecular weight is 277 g/mol. The summed E-state index contributed by atoms with van der Waals surface area (Å²) >= 11 is 11.9. The van der Waals surface area contributed by atoms with Gasteiger partial charge in [0, 0.05) is 19.3 Å². The fourth-order valence-corrected chi connectivity index (χ4v) is 1.56. The van der Waals surface area contributed by atoms with E-state index in [9.17, 15) is 4.79 Å². The molecule has 0 bridgehead atoms. The lowest BCUT2D eigenvalue weighted by molar-refractivity contribution is 0.0942. The second-order valence-electron chi connectivity index (χ2n) is 3.88. The van der Waals surface area contributed by atoms with Crippen molar-refractivity contribution in [3.8, 4) is 0 Å². The van der Waals surface area contributed by atoms with Crippen LogP contribution in [0.5, 0.6) is 0 Å². The molecule has 0 fully saturated rings. The van der Waals surface area contributed by atoms with Gasteiger partial charge in [0.15, 0.2) is 0 Å². The van der Waals surface area contributed by atoms with Gasteiger partial charge in [0.2, 0.25) is 0 Å². The van der Waals surface area contributed by atoms with Crippen LogP contribution in [0, 0.1) is 12.8 Å². The highest BCUT2D eigenvalue weighted by atomic mass is 35.5. The summed E-state index contributed by atoms with van der Waals surface area (Å²) in [6.45, 7) is 3.92. The van der Waals surface area contributed by atoms with E-state index in [0.29, 0.717) is 12.2 Å². The van der Waals surface area contributed by atoms with Crippen LogP contribution in [0.3, 0.4) is 0 Å². The quantitative estimate of drug-likeness (QED) is 0.885. The number of hydrogen-bond donors (Lipinski definition) is 2. The molecule has 0 saturated heterocycles. The predicted molar refractivity (Wildman–Crippen MR) is 67.6 cm³/mol. The molecule has 4 nitrogen and oxygen atoms in total. The van der Waals surface area contributed by atoms with E-state index in [-0.39, 0.29) is 34.0 Å². The van der Waals surface area contributed by atoms with Crippen LogP contribution in [0.25, 0.3) is 0 Å². The van der Waals surface area contributed by atoms with E-state index in [1.54, 1.807) is 6.92 Å². The number of carbonyl (C=O) groups excluding carboxylic acids is 1. The molecule has 0 aliphatic carbocycles. The Morgan fingerprint density at radius 3 is 2.76 bits per heavy atom. The molecule has 0 aliphatic rings. The maximum atomic E-state index is 11.8. The van der Waals surface area contributed by atoms with Gasteiger partial charge in [0.25, 0.3) is 5.91 Å². The second kappa shape index (κ2) is 6.19. The number of nitrogens with one attached hydrogen (secondary N) is 1. The summed E-state index contributed by atoms with van der Waals surface area (Å²) in [6, 6.07) is 0.